The Labute approximate surface area is 99.3 Å². The van der Waals surface area contributed by atoms with Crippen LogP contribution in [-0.4, -0.2) is 44.6 Å². The van der Waals surface area contributed by atoms with E-state index in [2.05, 4.69) is 15.4 Å². The zero-order valence-electron chi connectivity index (χ0n) is 10.1. The summed E-state index contributed by atoms with van der Waals surface area (Å²) in [5.74, 6) is -0.203. The van der Waals surface area contributed by atoms with E-state index in [9.17, 15) is 4.79 Å². The summed E-state index contributed by atoms with van der Waals surface area (Å²) in [6.45, 7) is 5.57. The molecule has 0 atom stereocenters. The summed E-state index contributed by atoms with van der Waals surface area (Å²) in [6, 6.07) is -0.0582. The molecule has 0 aliphatic rings. The van der Waals surface area contributed by atoms with Gasteiger partial charge in [-0.1, -0.05) is 5.16 Å². The van der Waals surface area contributed by atoms with Crippen molar-refractivity contribution in [3.63, 3.8) is 0 Å². The van der Waals surface area contributed by atoms with Gasteiger partial charge in [0.1, 0.15) is 0 Å². The predicted molar refractivity (Wildman–Crippen MR) is 62.9 cm³/mol. The van der Waals surface area contributed by atoms with Gasteiger partial charge in [0.15, 0.2) is 5.84 Å². The lowest BCUT2D eigenvalue weighted by Crippen LogP contribution is -2.43. The summed E-state index contributed by atoms with van der Waals surface area (Å²) in [4.78, 5) is 13.7. The number of aromatic amines is 1. The van der Waals surface area contributed by atoms with E-state index in [0.29, 0.717) is 11.3 Å². The summed E-state index contributed by atoms with van der Waals surface area (Å²) < 4.78 is 0. The molecule has 1 rings (SSSR count). The largest absolute Gasteiger partial charge is 0.409 e. The fraction of sp³-hybridized carbons (Fsp3) is 0.500. The molecule has 0 aliphatic heterocycles. The number of nitrogens with one attached hydrogen (secondary N) is 1. The maximum absolute atomic E-state index is 12.2. The molecule has 7 heteroatoms. The lowest BCUT2D eigenvalue weighted by atomic mass is 10.2. The highest BCUT2D eigenvalue weighted by Gasteiger charge is 2.22. The zero-order chi connectivity index (χ0) is 13.0. The lowest BCUT2D eigenvalue weighted by molar-refractivity contribution is 0.0733. The summed E-state index contributed by atoms with van der Waals surface area (Å²) in [5, 5.41) is 17.9. The van der Waals surface area contributed by atoms with E-state index >= 15 is 0 Å². The SMILES string of the molecule is Cc1[nH]ncc1C(=O)N(CC(N)=NO)C(C)C. The molecule has 1 amide bonds. The van der Waals surface area contributed by atoms with Gasteiger partial charge in [0.05, 0.1) is 18.3 Å². The number of nitrogens with zero attached hydrogens (tertiary/aromatic N) is 3. The number of rotatable bonds is 4. The third-order valence-corrected chi connectivity index (χ3v) is 2.41. The van der Waals surface area contributed by atoms with Crippen molar-refractivity contribution in [2.75, 3.05) is 6.54 Å². The number of oxime groups is 1. The van der Waals surface area contributed by atoms with Crippen LogP contribution in [0, 0.1) is 6.92 Å². The summed E-state index contributed by atoms with van der Waals surface area (Å²) in [6.07, 6.45) is 1.47. The van der Waals surface area contributed by atoms with Gasteiger partial charge in [-0.25, -0.2) is 0 Å². The van der Waals surface area contributed by atoms with Crippen molar-refractivity contribution < 1.29 is 10.0 Å². The third-order valence-electron chi connectivity index (χ3n) is 2.41. The molecule has 7 nitrogen and oxygen atoms in total. The lowest BCUT2D eigenvalue weighted by Gasteiger charge is -2.25. The standard InChI is InChI=1S/C10H17N5O2/c1-6(2)15(5-9(11)14-17)10(16)8-4-12-13-7(8)3/h4,6,17H,5H2,1-3H3,(H2,11,14)(H,12,13). The molecule has 0 spiro atoms. The van der Waals surface area contributed by atoms with Crippen molar-refractivity contribution in [3.8, 4) is 0 Å². The van der Waals surface area contributed by atoms with Crippen LogP contribution in [0.3, 0.4) is 0 Å². The van der Waals surface area contributed by atoms with Gasteiger partial charge in [0.2, 0.25) is 0 Å². The van der Waals surface area contributed by atoms with Crippen LogP contribution in [0.1, 0.15) is 29.9 Å². The van der Waals surface area contributed by atoms with Crippen molar-refractivity contribution in [1.82, 2.24) is 15.1 Å². The molecule has 0 fully saturated rings. The Balaban J connectivity index is 2.93. The fourth-order valence-electron chi connectivity index (χ4n) is 1.42. The molecule has 0 saturated heterocycles. The minimum absolute atomic E-state index is 0.00630. The highest BCUT2D eigenvalue weighted by molar-refractivity contribution is 5.97. The first kappa shape index (κ1) is 13.0. The van der Waals surface area contributed by atoms with E-state index in [1.807, 2.05) is 13.8 Å². The van der Waals surface area contributed by atoms with Crippen LogP contribution >= 0.6 is 0 Å². The molecule has 94 valence electrons. The van der Waals surface area contributed by atoms with Crippen LogP contribution in [0.4, 0.5) is 0 Å². The van der Waals surface area contributed by atoms with Crippen molar-refractivity contribution in [2.45, 2.75) is 26.8 Å². The molecule has 1 heterocycles. The van der Waals surface area contributed by atoms with Gasteiger partial charge in [-0.2, -0.15) is 5.10 Å². The van der Waals surface area contributed by atoms with Crippen LogP contribution in [0.2, 0.25) is 0 Å². The van der Waals surface area contributed by atoms with E-state index in [1.54, 1.807) is 6.92 Å². The second-order valence-electron chi connectivity index (χ2n) is 4.03. The first-order valence-electron chi connectivity index (χ1n) is 5.24. The van der Waals surface area contributed by atoms with Gasteiger partial charge in [0, 0.05) is 11.7 Å². The predicted octanol–water partition coefficient (Wildman–Crippen LogP) is 0.315. The molecule has 1 aromatic heterocycles. The quantitative estimate of drug-likeness (QED) is 0.304. The van der Waals surface area contributed by atoms with Crippen LogP contribution in [-0.2, 0) is 0 Å². The van der Waals surface area contributed by atoms with Crippen LogP contribution in [0.5, 0.6) is 0 Å². The molecule has 17 heavy (non-hydrogen) atoms. The van der Waals surface area contributed by atoms with Crippen molar-refractivity contribution >= 4 is 11.7 Å². The smallest absolute Gasteiger partial charge is 0.257 e. The Bertz CT molecular complexity index is 424. The molecule has 0 saturated carbocycles. The highest BCUT2D eigenvalue weighted by Crippen LogP contribution is 2.10. The Morgan fingerprint density at radius 1 is 1.71 bits per heavy atom. The Hall–Kier alpha value is -2.05. The molecule has 0 aromatic carbocycles. The number of aryl methyl sites for hydroxylation is 1. The van der Waals surface area contributed by atoms with E-state index in [-0.39, 0.29) is 24.3 Å². The van der Waals surface area contributed by atoms with Crippen LogP contribution in [0.25, 0.3) is 0 Å². The first-order valence-corrected chi connectivity index (χ1v) is 5.24. The molecule has 0 radical (unpaired) electrons. The van der Waals surface area contributed by atoms with Gasteiger partial charge < -0.3 is 15.8 Å². The monoisotopic (exact) mass is 239 g/mol. The number of hydrogen-bond acceptors (Lipinski definition) is 4. The number of hydrogen-bond donors (Lipinski definition) is 3. The fourth-order valence-corrected chi connectivity index (χ4v) is 1.42. The average Bonchev–Trinajstić information content (AvgIpc) is 2.70. The maximum atomic E-state index is 12.2. The summed E-state index contributed by atoms with van der Waals surface area (Å²) >= 11 is 0. The van der Waals surface area contributed by atoms with E-state index < -0.39 is 0 Å². The van der Waals surface area contributed by atoms with Crippen molar-refractivity contribution in [3.05, 3.63) is 17.5 Å². The molecule has 0 aliphatic carbocycles. The van der Waals surface area contributed by atoms with Gasteiger partial charge >= 0.3 is 0 Å². The number of amides is 1. The van der Waals surface area contributed by atoms with Crippen LogP contribution < -0.4 is 5.73 Å². The minimum Gasteiger partial charge on any atom is -0.409 e. The Morgan fingerprint density at radius 3 is 2.76 bits per heavy atom. The molecule has 0 unspecified atom stereocenters. The third kappa shape index (κ3) is 2.96. The zero-order valence-corrected chi connectivity index (χ0v) is 10.1. The summed E-state index contributed by atoms with van der Waals surface area (Å²) in [5.41, 5.74) is 6.61. The molecular formula is C10H17N5O2. The number of carbonyl (C=O) groups is 1. The van der Waals surface area contributed by atoms with Crippen molar-refractivity contribution in [2.24, 2.45) is 10.9 Å². The summed E-state index contributed by atoms with van der Waals surface area (Å²) in [7, 11) is 0. The number of H-pyrrole nitrogens is 1. The number of amidine groups is 1. The maximum Gasteiger partial charge on any atom is 0.257 e. The number of aromatic nitrogens is 2. The van der Waals surface area contributed by atoms with E-state index in [4.69, 9.17) is 10.9 Å². The van der Waals surface area contributed by atoms with E-state index in [1.165, 1.54) is 11.1 Å². The van der Waals surface area contributed by atoms with Gasteiger partial charge in [-0.3, -0.25) is 9.89 Å². The average molecular weight is 239 g/mol. The number of carbonyl (C=O) groups excluding carboxylic acids is 1. The second kappa shape index (κ2) is 5.33. The van der Waals surface area contributed by atoms with Crippen molar-refractivity contribution in [1.29, 1.82) is 0 Å². The van der Waals surface area contributed by atoms with Gasteiger partial charge in [-0.05, 0) is 20.8 Å². The normalized spacial score (nSPS) is 11.9. The Kier molecular flexibility index (Phi) is 4.08. The molecule has 0 bridgehead atoms. The second-order valence-corrected chi connectivity index (χ2v) is 4.03. The molecule has 4 N–H and O–H groups in total. The molecule has 1 aromatic rings. The topological polar surface area (TPSA) is 108 Å². The van der Waals surface area contributed by atoms with E-state index in [0.717, 1.165) is 0 Å². The highest BCUT2D eigenvalue weighted by atomic mass is 16.4. The number of nitrogens with two attached hydrogens (primary N) is 1. The minimum atomic E-state index is -0.196. The van der Waals surface area contributed by atoms with Gasteiger partial charge in [-0.15, -0.1) is 0 Å². The van der Waals surface area contributed by atoms with Gasteiger partial charge in [0.25, 0.3) is 5.91 Å². The Morgan fingerprint density at radius 2 is 2.35 bits per heavy atom. The molecular weight excluding hydrogens is 222 g/mol. The van der Waals surface area contributed by atoms with Crippen LogP contribution in [0.15, 0.2) is 11.4 Å². The first-order chi connectivity index (χ1) is 7.97.